The molecule has 2 unspecified atom stereocenters. The molecule has 1 fully saturated rings. The van der Waals surface area contributed by atoms with Gasteiger partial charge < -0.3 is 0 Å². The average molecular weight is 352 g/mol. The van der Waals surface area contributed by atoms with E-state index in [9.17, 15) is 4.57 Å². The molecule has 0 radical (unpaired) electrons. The zero-order valence-corrected chi connectivity index (χ0v) is 15.6. The molecule has 0 N–H and O–H groups in total. The first-order valence-corrected chi connectivity index (χ1v) is 10.5. The van der Waals surface area contributed by atoms with Crippen LogP contribution in [0.1, 0.15) is 84.5 Å². The Bertz CT molecular complexity index is 326. The molecule has 138 valence electrons. The lowest BCUT2D eigenvalue weighted by atomic mass is 10.1. The van der Waals surface area contributed by atoms with Crippen LogP contribution in [-0.4, -0.2) is 19.3 Å². The molecule has 0 aromatic rings. The third kappa shape index (κ3) is 11.2. The van der Waals surface area contributed by atoms with E-state index in [1.807, 2.05) is 0 Å². The normalized spacial score (nSPS) is 24.9. The first-order valence-electron chi connectivity index (χ1n) is 9.07. The molecular formula is C16H33O6P. The molecule has 1 heterocycles. The van der Waals surface area contributed by atoms with Gasteiger partial charge in [0.1, 0.15) is 6.61 Å². The highest BCUT2D eigenvalue weighted by molar-refractivity contribution is 7.48. The van der Waals surface area contributed by atoms with Crippen LogP contribution in [0.2, 0.25) is 0 Å². The van der Waals surface area contributed by atoms with E-state index in [-0.39, 0.29) is 12.7 Å². The van der Waals surface area contributed by atoms with Crippen molar-refractivity contribution >= 4 is 7.82 Å². The van der Waals surface area contributed by atoms with Crippen LogP contribution in [0.15, 0.2) is 0 Å². The van der Waals surface area contributed by atoms with E-state index < -0.39 is 7.82 Å². The van der Waals surface area contributed by atoms with Gasteiger partial charge in [0.25, 0.3) is 0 Å². The standard InChI is InChI=1S/C16H33O6P/c1-3-4-5-6-7-8-9-10-11-12-13-14-18-21-23(17)20-16(2)15-19-22-23/h16H,3-15H2,1-2H3. The average Bonchev–Trinajstić information content (AvgIpc) is 2.51. The van der Waals surface area contributed by atoms with E-state index in [1.54, 1.807) is 6.92 Å². The number of unbranched alkanes of at least 4 members (excludes halogenated alkanes) is 10. The quantitative estimate of drug-likeness (QED) is 0.172. The molecule has 0 spiro atoms. The van der Waals surface area contributed by atoms with Crippen LogP contribution in [-0.2, 0) is 28.2 Å². The monoisotopic (exact) mass is 352 g/mol. The second-order valence-electron chi connectivity index (χ2n) is 6.15. The van der Waals surface area contributed by atoms with Gasteiger partial charge in [-0.3, -0.25) is 4.52 Å². The molecule has 1 aliphatic heterocycles. The maximum atomic E-state index is 11.8. The predicted molar refractivity (Wildman–Crippen MR) is 88.7 cm³/mol. The van der Waals surface area contributed by atoms with Gasteiger partial charge in [-0.15, -0.1) is 9.35 Å². The van der Waals surface area contributed by atoms with Crippen LogP contribution in [0.5, 0.6) is 0 Å². The van der Waals surface area contributed by atoms with Crippen molar-refractivity contribution in [3.05, 3.63) is 0 Å². The Balaban J connectivity index is 1.82. The summed E-state index contributed by atoms with van der Waals surface area (Å²) in [4.78, 5) is 9.58. The molecule has 0 saturated carbocycles. The molecule has 0 aromatic carbocycles. The summed E-state index contributed by atoms with van der Waals surface area (Å²) >= 11 is 0. The number of hydrogen-bond acceptors (Lipinski definition) is 6. The summed E-state index contributed by atoms with van der Waals surface area (Å²) in [5.74, 6) is 0. The summed E-state index contributed by atoms with van der Waals surface area (Å²) in [6.45, 7) is 4.58. The van der Waals surface area contributed by atoms with Gasteiger partial charge in [0.05, 0.1) is 12.7 Å². The maximum Gasteiger partial charge on any atom is 0.529 e. The van der Waals surface area contributed by atoms with Crippen molar-refractivity contribution in [2.75, 3.05) is 13.2 Å². The minimum atomic E-state index is -3.70. The van der Waals surface area contributed by atoms with Crippen molar-refractivity contribution in [1.29, 1.82) is 0 Å². The summed E-state index contributed by atoms with van der Waals surface area (Å²) < 4.78 is 26.1. The Labute approximate surface area is 140 Å². The SMILES string of the molecule is CCCCCCCCCCCCCOOP1(=O)OOCC(C)O1. The molecule has 23 heavy (non-hydrogen) atoms. The summed E-state index contributed by atoms with van der Waals surface area (Å²) in [6, 6.07) is 0. The largest absolute Gasteiger partial charge is 0.529 e. The third-order valence-electron chi connectivity index (χ3n) is 3.73. The summed E-state index contributed by atoms with van der Waals surface area (Å²) in [5.41, 5.74) is 0. The van der Waals surface area contributed by atoms with Crippen molar-refractivity contribution in [3.63, 3.8) is 0 Å². The minimum Gasteiger partial charge on any atom is -0.278 e. The number of hydrogen-bond donors (Lipinski definition) is 0. The predicted octanol–water partition coefficient (Wildman–Crippen LogP) is 5.72. The highest BCUT2D eigenvalue weighted by Gasteiger charge is 2.36. The van der Waals surface area contributed by atoms with E-state index in [0.717, 1.165) is 12.8 Å². The van der Waals surface area contributed by atoms with E-state index in [2.05, 4.69) is 16.5 Å². The van der Waals surface area contributed by atoms with Crippen LogP contribution in [0.25, 0.3) is 0 Å². The molecule has 0 aromatic heterocycles. The Morgan fingerprint density at radius 1 is 0.957 bits per heavy atom. The fourth-order valence-corrected chi connectivity index (χ4v) is 3.41. The lowest BCUT2D eigenvalue weighted by molar-refractivity contribution is -0.310. The highest BCUT2D eigenvalue weighted by Crippen LogP contribution is 2.53. The van der Waals surface area contributed by atoms with Gasteiger partial charge in [0.2, 0.25) is 0 Å². The first-order chi connectivity index (χ1) is 11.2. The molecular weight excluding hydrogens is 319 g/mol. The van der Waals surface area contributed by atoms with Crippen molar-refractivity contribution < 1.29 is 28.2 Å². The van der Waals surface area contributed by atoms with Gasteiger partial charge in [0.15, 0.2) is 0 Å². The van der Waals surface area contributed by atoms with Gasteiger partial charge in [-0.1, -0.05) is 71.1 Å². The molecule has 0 amide bonds. The second-order valence-corrected chi connectivity index (χ2v) is 7.56. The summed E-state index contributed by atoms with van der Waals surface area (Å²) in [6.07, 6.45) is 13.6. The van der Waals surface area contributed by atoms with Crippen molar-refractivity contribution in [2.24, 2.45) is 0 Å². The Kier molecular flexibility index (Phi) is 12.2. The highest BCUT2D eigenvalue weighted by atomic mass is 31.2. The van der Waals surface area contributed by atoms with Gasteiger partial charge in [0, 0.05) is 0 Å². The molecule has 1 rings (SSSR count). The van der Waals surface area contributed by atoms with Crippen LogP contribution in [0.3, 0.4) is 0 Å². The zero-order valence-electron chi connectivity index (χ0n) is 14.7. The molecule has 7 heteroatoms. The fourth-order valence-electron chi connectivity index (χ4n) is 2.42. The molecule has 1 saturated heterocycles. The third-order valence-corrected chi connectivity index (χ3v) is 4.93. The fraction of sp³-hybridized carbons (Fsp3) is 1.00. The van der Waals surface area contributed by atoms with Gasteiger partial charge in [-0.2, -0.15) is 0 Å². The van der Waals surface area contributed by atoms with Gasteiger partial charge in [-0.05, 0) is 13.3 Å². The molecule has 0 bridgehead atoms. The smallest absolute Gasteiger partial charge is 0.278 e. The van der Waals surface area contributed by atoms with E-state index in [0.29, 0.717) is 6.61 Å². The summed E-state index contributed by atoms with van der Waals surface area (Å²) in [5, 5.41) is 0. The second kappa shape index (κ2) is 13.3. The van der Waals surface area contributed by atoms with Crippen molar-refractivity contribution in [1.82, 2.24) is 0 Å². The van der Waals surface area contributed by atoms with Gasteiger partial charge in [-0.25, -0.2) is 14.3 Å². The van der Waals surface area contributed by atoms with Crippen LogP contribution in [0.4, 0.5) is 0 Å². The Morgan fingerprint density at radius 3 is 2.09 bits per heavy atom. The number of phosphoric acid groups is 1. The molecule has 0 aliphatic carbocycles. The Hall–Kier alpha value is 0.0300. The van der Waals surface area contributed by atoms with Crippen LogP contribution < -0.4 is 0 Å². The topological polar surface area (TPSA) is 63.2 Å². The van der Waals surface area contributed by atoms with Crippen LogP contribution >= 0.6 is 7.82 Å². The Morgan fingerprint density at radius 2 is 1.52 bits per heavy atom. The number of rotatable bonds is 14. The lowest BCUT2D eigenvalue weighted by Gasteiger charge is -2.23. The van der Waals surface area contributed by atoms with Gasteiger partial charge >= 0.3 is 7.82 Å². The minimum absolute atomic E-state index is 0.228. The molecule has 2 atom stereocenters. The molecule has 6 nitrogen and oxygen atoms in total. The maximum absolute atomic E-state index is 11.8. The van der Waals surface area contributed by atoms with Crippen molar-refractivity contribution in [2.45, 2.75) is 90.6 Å². The van der Waals surface area contributed by atoms with E-state index in [1.165, 1.54) is 57.8 Å². The van der Waals surface area contributed by atoms with E-state index >= 15 is 0 Å². The summed E-state index contributed by atoms with van der Waals surface area (Å²) in [7, 11) is -3.70. The molecule has 1 aliphatic rings. The zero-order chi connectivity index (χ0) is 16.8. The first kappa shape index (κ1) is 21.1. The lowest BCUT2D eigenvalue weighted by Crippen LogP contribution is -2.22. The van der Waals surface area contributed by atoms with E-state index in [4.69, 9.17) is 14.1 Å². The van der Waals surface area contributed by atoms with Crippen molar-refractivity contribution in [3.8, 4) is 0 Å². The van der Waals surface area contributed by atoms with Crippen LogP contribution in [0, 0.1) is 0 Å².